The van der Waals surface area contributed by atoms with Crippen LogP contribution in [0.2, 0.25) is 0 Å². The van der Waals surface area contributed by atoms with Crippen LogP contribution in [0.1, 0.15) is 0 Å². The zero-order valence-corrected chi connectivity index (χ0v) is 21.1. The van der Waals surface area contributed by atoms with Crippen LogP contribution in [0.3, 0.4) is 0 Å². The van der Waals surface area contributed by atoms with Crippen molar-refractivity contribution in [1.82, 2.24) is 0 Å². The van der Waals surface area contributed by atoms with E-state index in [-0.39, 0.29) is 0 Å². The average molecular weight is 524 g/mol. The van der Waals surface area contributed by atoms with Crippen LogP contribution in [0.25, 0.3) is 0 Å². The van der Waals surface area contributed by atoms with Gasteiger partial charge < -0.3 is 0 Å². The summed E-state index contributed by atoms with van der Waals surface area (Å²) in [7, 11) is 20.0. The molecular weight excluding hydrogens is 493 g/mol. The fourth-order valence-electron chi connectivity index (χ4n) is 3.20. The van der Waals surface area contributed by atoms with Crippen molar-refractivity contribution in [2.24, 2.45) is 0 Å². The first-order chi connectivity index (χ1) is 13.7. The third-order valence-corrected chi connectivity index (χ3v) is 16.5. The number of nitrogens with zero attached hydrogens (tertiary/aromatic N) is 3. The number of hydrogen-bond donors (Lipinski definition) is 0. The summed E-state index contributed by atoms with van der Waals surface area (Å²) in [5.41, 5.74) is 3.55. The molecule has 3 nitrogen and oxygen atoms in total. The summed E-state index contributed by atoms with van der Waals surface area (Å²) < 4.78 is 3.74. The van der Waals surface area contributed by atoms with E-state index < -0.39 is 17.1 Å². The average Bonchev–Trinajstić information content (AvgIpc) is 2.73. The van der Waals surface area contributed by atoms with E-state index in [1.807, 2.05) is 0 Å². The molecule has 0 radical (unpaired) electrons. The van der Waals surface area contributed by atoms with E-state index >= 15 is 0 Å². The van der Waals surface area contributed by atoms with E-state index in [2.05, 4.69) is 130 Å². The molecule has 0 unspecified atom stereocenters. The topological polar surface area (TPSA) is 9.72 Å². The molecular formula is C24H30ClN3Te. The van der Waals surface area contributed by atoms with Crippen LogP contribution in [0.4, 0.5) is 17.1 Å². The van der Waals surface area contributed by atoms with Gasteiger partial charge in [0.1, 0.15) is 0 Å². The zero-order valence-electron chi connectivity index (χ0n) is 18.1. The predicted octanol–water partition coefficient (Wildman–Crippen LogP) is 3.09. The fraction of sp³-hybridized carbons (Fsp3) is 0.250. The molecule has 0 atom stereocenters. The van der Waals surface area contributed by atoms with E-state index in [1.165, 1.54) is 27.9 Å². The number of rotatable bonds is 6. The van der Waals surface area contributed by atoms with Crippen LogP contribution in [0, 0.1) is 0 Å². The molecule has 0 bridgehead atoms. The minimum atomic E-state index is -3.32. The Balaban J connectivity index is 2.14. The number of halogens is 1. The van der Waals surface area contributed by atoms with E-state index in [0.29, 0.717) is 0 Å². The van der Waals surface area contributed by atoms with Crippen molar-refractivity contribution in [3.63, 3.8) is 0 Å². The molecule has 0 amide bonds. The standard InChI is InChI=1S/C24H30ClN3Te/c1-26(2)19-7-13-22(14-8-19)29(25,23-15-9-20(10-16-23)27(3)4)24-17-11-21(12-18-24)28(5)6/h7-18H,1-6H3. The number of hydrogen-bond acceptors (Lipinski definition) is 3. The number of anilines is 3. The summed E-state index contributed by atoms with van der Waals surface area (Å²) in [5.74, 6) is 0. The SMILES string of the molecule is CN(C)c1ccc([Te](Cl)(c2ccc(N(C)C)cc2)c2ccc(N(C)C)cc2)cc1. The van der Waals surface area contributed by atoms with Crippen LogP contribution in [-0.4, -0.2) is 59.3 Å². The molecule has 3 aromatic carbocycles. The van der Waals surface area contributed by atoms with Crippen molar-refractivity contribution in [3.05, 3.63) is 72.8 Å². The normalized spacial score (nSPS) is 11.8. The molecule has 0 spiro atoms. The Morgan fingerprint density at radius 2 is 0.655 bits per heavy atom. The Labute approximate surface area is 183 Å². The maximum absolute atomic E-state index is 7.66. The zero-order chi connectivity index (χ0) is 21.2. The quantitative estimate of drug-likeness (QED) is 0.460. The van der Waals surface area contributed by atoms with Crippen molar-refractivity contribution >= 4 is 53.9 Å². The van der Waals surface area contributed by atoms with Gasteiger partial charge in [-0.25, -0.2) is 0 Å². The Morgan fingerprint density at radius 3 is 0.828 bits per heavy atom. The second-order valence-electron chi connectivity index (χ2n) is 7.70. The summed E-state index contributed by atoms with van der Waals surface area (Å²) in [6.07, 6.45) is 0. The second-order valence-corrected chi connectivity index (χ2v) is 17.9. The first-order valence-electron chi connectivity index (χ1n) is 9.58. The van der Waals surface area contributed by atoms with Crippen molar-refractivity contribution in [2.45, 2.75) is 0 Å². The molecule has 0 aliphatic rings. The van der Waals surface area contributed by atoms with Gasteiger partial charge >= 0.3 is 184 Å². The first-order valence-corrected chi connectivity index (χ1v) is 16.0. The van der Waals surface area contributed by atoms with Crippen LogP contribution in [0.5, 0.6) is 0 Å². The van der Waals surface area contributed by atoms with Gasteiger partial charge in [-0.2, -0.15) is 0 Å². The molecule has 3 rings (SSSR count). The Hall–Kier alpha value is -1.86. The Bertz CT molecular complexity index is 808. The molecule has 0 aromatic heterocycles. The van der Waals surface area contributed by atoms with Crippen molar-refractivity contribution < 1.29 is 0 Å². The molecule has 0 saturated heterocycles. The van der Waals surface area contributed by atoms with Gasteiger partial charge in [0.25, 0.3) is 0 Å². The van der Waals surface area contributed by atoms with E-state index in [1.54, 1.807) is 0 Å². The third kappa shape index (κ3) is 4.51. The molecule has 5 heteroatoms. The summed E-state index contributed by atoms with van der Waals surface area (Å²) in [6.45, 7) is 0. The molecule has 3 aromatic rings. The van der Waals surface area contributed by atoms with Crippen molar-refractivity contribution in [2.75, 3.05) is 57.0 Å². The molecule has 0 N–H and O–H groups in total. The fourth-order valence-corrected chi connectivity index (χ4v) is 12.0. The summed E-state index contributed by atoms with van der Waals surface area (Å²) in [5, 5.41) is 0. The molecule has 0 heterocycles. The molecule has 0 fully saturated rings. The van der Waals surface area contributed by atoms with E-state index in [0.717, 1.165) is 0 Å². The van der Waals surface area contributed by atoms with Gasteiger partial charge in [0.2, 0.25) is 0 Å². The van der Waals surface area contributed by atoms with Crippen LogP contribution >= 0.6 is 8.96 Å². The molecule has 154 valence electrons. The van der Waals surface area contributed by atoms with E-state index in [4.69, 9.17) is 8.96 Å². The van der Waals surface area contributed by atoms with Crippen LogP contribution in [0.15, 0.2) is 72.8 Å². The van der Waals surface area contributed by atoms with Gasteiger partial charge in [-0.05, 0) is 0 Å². The number of benzene rings is 3. The molecule has 0 saturated carbocycles. The molecule has 0 aliphatic carbocycles. The Morgan fingerprint density at radius 1 is 0.448 bits per heavy atom. The van der Waals surface area contributed by atoms with Gasteiger partial charge in [-0.1, -0.05) is 0 Å². The summed E-state index contributed by atoms with van der Waals surface area (Å²) in [4.78, 5) is 6.35. The Kier molecular flexibility index (Phi) is 6.68. The summed E-state index contributed by atoms with van der Waals surface area (Å²) >= 11 is -3.32. The van der Waals surface area contributed by atoms with Crippen molar-refractivity contribution in [1.29, 1.82) is 0 Å². The van der Waals surface area contributed by atoms with Gasteiger partial charge in [0.15, 0.2) is 0 Å². The predicted molar refractivity (Wildman–Crippen MR) is 133 cm³/mol. The minimum absolute atomic E-state index is 1.18. The monoisotopic (exact) mass is 525 g/mol. The van der Waals surface area contributed by atoms with Gasteiger partial charge in [0.05, 0.1) is 0 Å². The van der Waals surface area contributed by atoms with Crippen LogP contribution < -0.4 is 25.5 Å². The van der Waals surface area contributed by atoms with Gasteiger partial charge in [-0.3, -0.25) is 0 Å². The second kappa shape index (κ2) is 8.88. The third-order valence-electron chi connectivity index (χ3n) is 5.03. The van der Waals surface area contributed by atoms with E-state index in [9.17, 15) is 0 Å². The van der Waals surface area contributed by atoms with Gasteiger partial charge in [0, 0.05) is 0 Å². The van der Waals surface area contributed by atoms with Crippen molar-refractivity contribution in [3.8, 4) is 0 Å². The molecule has 29 heavy (non-hydrogen) atoms. The first kappa shape index (κ1) is 21.8. The maximum atomic E-state index is 7.66. The summed E-state index contributed by atoms with van der Waals surface area (Å²) in [6, 6.07) is 26.3. The van der Waals surface area contributed by atoms with Gasteiger partial charge in [-0.15, -0.1) is 0 Å². The van der Waals surface area contributed by atoms with Crippen LogP contribution in [-0.2, 0) is 0 Å². The molecule has 0 aliphatic heterocycles.